The Balaban J connectivity index is 0.000000183. The van der Waals surface area contributed by atoms with Gasteiger partial charge >= 0.3 is 0 Å². The number of nitrogens with zero attached hydrogens (tertiary/aromatic N) is 2. The molecule has 11 heavy (non-hydrogen) atoms. The molecule has 0 unspecified atom stereocenters. The van der Waals surface area contributed by atoms with Gasteiger partial charge in [-0.2, -0.15) is 5.10 Å². The molecule has 0 fully saturated rings. The van der Waals surface area contributed by atoms with Crippen LogP contribution in [0.25, 0.3) is 0 Å². The maximum atomic E-state index is 9.92. The van der Waals surface area contributed by atoms with Gasteiger partial charge < -0.3 is 0 Å². The summed E-state index contributed by atoms with van der Waals surface area (Å²) in [6.07, 6.45) is 3.46. The van der Waals surface area contributed by atoms with Gasteiger partial charge in [0.2, 0.25) is 5.91 Å². The summed E-state index contributed by atoms with van der Waals surface area (Å²) in [5, 5.41) is 6.21. The molecule has 6 heteroatoms. The summed E-state index contributed by atoms with van der Waals surface area (Å²) in [7, 11) is 0. The topological polar surface area (TPSA) is 49.0 Å². The van der Waals surface area contributed by atoms with Crippen LogP contribution in [0.3, 0.4) is 0 Å². The summed E-state index contributed by atoms with van der Waals surface area (Å²) in [6.45, 7) is 1.38. The Morgan fingerprint density at radius 1 is 1.64 bits per heavy atom. The van der Waals surface area contributed by atoms with E-state index in [1.807, 2.05) is 6.07 Å². The van der Waals surface area contributed by atoms with Gasteiger partial charge in [0, 0.05) is 19.3 Å². The lowest BCUT2D eigenvalue weighted by Gasteiger charge is -1.98. The van der Waals surface area contributed by atoms with Crippen LogP contribution in [0.2, 0.25) is 0 Å². The molecular weight excluding hydrogens is 182 g/mol. The molecule has 0 bridgehead atoms. The SMILES string of the molecule is CC(=O)N(S)S.c1cn[nH]c1. The van der Waals surface area contributed by atoms with Gasteiger partial charge in [-0.05, 0) is 6.07 Å². The van der Waals surface area contributed by atoms with E-state index >= 15 is 0 Å². The van der Waals surface area contributed by atoms with Crippen LogP contribution >= 0.6 is 25.6 Å². The van der Waals surface area contributed by atoms with Crippen LogP contribution in [0.4, 0.5) is 0 Å². The first-order chi connectivity index (χ1) is 5.14. The Morgan fingerprint density at radius 2 is 2.18 bits per heavy atom. The first-order valence-corrected chi connectivity index (χ1v) is 3.56. The van der Waals surface area contributed by atoms with Crippen molar-refractivity contribution < 1.29 is 4.79 Å². The van der Waals surface area contributed by atoms with Crippen LogP contribution in [-0.4, -0.2) is 19.8 Å². The highest BCUT2D eigenvalue weighted by molar-refractivity contribution is 7.94. The fraction of sp³-hybridized carbons (Fsp3) is 0.200. The smallest absolute Gasteiger partial charge is 0.239 e. The summed E-state index contributed by atoms with van der Waals surface area (Å²) >= 11 is 7.08. The molecule has 62 valence electrons. The standard InChI is InChI=1S/C3H4N2.C2H5NOS2/c1-2-4-5-3-1;1-2(4)3(5)6/h1-3H,(H,4,5);5-6H,1H3. The van der Waals surface area contributed by atoms with Crippen molar-refractivity contribution >= 4 is 31.5 Å². The van der Waals surface area contributed by atoms with Gasteiger partial charge in [-0.25, -0.2) is 3.71 Å². The number of nitrogens with one attached hydrogen (secondary N) is 1. The summed E-state index contributed by atoms with van der Waals surface area (Å²) < 4.78 is 0.917. The molecule has 1 heterocycles. The van der Waals surface area contributed by atoms with Crippen molar-refractivity contribution in [3.8, 4) is 0 Å². The molecular formula is C5H9N3OS2. The van der Waals surface area contributed by atoms with E-state index < -0.39 is 0 Å². The predicted octanol–water partition coefficient (Wildman–Crippen LogP) is 0.934. The Kier molecular flexibility index (Phi) is 5.77. The summed E-state index contributed by atoms with van der Waals surface area (Å²) in [5.41, 5.74) is 0. The van der Waals surface area contributed by atoms with E-state index in [1.54, 1.807) is 12.4 Å². The first-order valence-electron chi connectivity index (χ1n) is 2.76. The largest absolute Gasteiger partial charge is 0.286 e. The Hall–Kier alpha value is -0.620. The fourth-order valence-corrected chi connectivity index (χ4v) is 0.215. The molecule has 1 aromatic heterocycles. The summed E-state index contributed by atoms with van der Waals surface area (Å²) in [6, 6.07) is 1.83. The molecule has 1 aromatic rings. The van der Waals surface area contributed by atoms with Crippen LogP contribution < -0.4 is 0 Å². The molecule has 0 spiro atoms. The number of aromatic nitrogens is 2. The Labute approximate surface area is 76.1 Å². The second-order valence-electron chi connectivity index (χ2n) is 1.57. The molecule has 1 rings (SSSR count). The van der Waals surface area contributed by atoms with Crippen molar-refractivity contribution in [2.45, 2.75) is 6.92 Å². The molecule has 1 amide bonds. The van der Waals surface area contributed by atoms with Crippen LogP contribution in [0.15, 0.2) is 18.5 Å². The van der Waals surface area contributed by atoms with Gasteiger partial charge in [0.25, 0.3) is 0 Å². The fourth-order valence-electron chi connectivity index (χ4n) is 0.215. The number of thiol groups is 2. The third-order valence-corrected chi connectivity index (χ3v) is 1.25. The number of rotatable bonds is 0. The van der Waals surface area contributed by atoms with Gasteiger partial charge in [-0.1, -0.05) is 25.6 Å². The van der Waals surface area contributed by atoms with Crippen LogP contribution in [-0.2, 0) is 4.79 Å². The number of hydrogen-bond acceptors (Lipinski definition) is 4. The lowest BCUT2D eigenvalue weighted by Crippen LogP contribution is -2.03. The van der Waals surface area contributed by atoms with Gasteiger partial charge in [0.1, 0.15) is 0 Å². The van der Waals surface area contributed by atoms with E-state index in [0.29, 0.717) is 0 Å². The number of H-pyrrole nitrogens is 1. The number of hydrogen-bond donors (Lipinski definition) is 3. The quantitative estimate of drug-likeness (QED) is 0.534. The van der Waals surface area contributed by atoms with E-state index in [-0.39, 0.29) is 5.91 Å². The molecule has 0 saturated carbocycles. The van der Waals surface area contributed by atoms with Crippen molar-refractivity contribution in [3.63, 3.8) is 0 Å². The molecule has 0 aliphatic heterocycles. The van der Waals surface area contributed by atoms with Gasteiger partial charge in [-0.15, -0.1) is 0 Å². The molecule has 4 nitrogen and oxygen atoms in total. The minimum atomic E-state index is -0.179. The highest BCUT2D eigenvalue weighted by Crippen LogP contribution is 1.94. The minimum absolute atomic E-state index is 0.179. The number of amides is 1. The summed E-state index contributed by atoms with van der Waals surface area (Å²) in [5.74, 6) is -0.179. The lowest BCUT2D eigenvalue weighted by atomic mass is 10.8. The van der Waals surface area contributed by atoms with Crippen molar-refractivity contribution in [2.75, 3.05) is 0 Å². The molecule has 0 aliphatic rings. The third kappa shape index (κ3) is 7.27. The normalized spacial score (nSPS) is 7.91. The highest BCUT2D eigenvalue weighted by atomic mass is 32.2. The first kappa shape index (κ1) is 10.4. The van der Waals surface area contributed by atoms with E-state index in [4.69, 9.17) is 0 Å². The highest BCUT2D eigenvalue weighted by Gasteiger charge is 1.90. The molecule has 0 aliphatic carbocycles. The van der Waals surface area contributed by atoms with Crippen LogP contribution in [0.1, 0.15) is 6.92 Å². The second-order valence-corrected chi connectivity index (χ2v) is 2.69. The molecule has 0 aromatic carbocycles. The van der Waals surface area contributed by atoms with Crippen LogP contribution in [0, 0.1) is 0 Å². The average molecular weight is 191 g/mol. The minimum Gasteiger partial charge on any atom is -0.286 e. The molecule has 0 saturated heterocycles. The van der Waals surface area contributed by atoms with Gasteiger partial charge in [-0.3, -0.25) is 9.89 Å². The van der Waals surface area contributed by atoms with Crippen molar-refractivity contribution in [3.05, 3.63) is 18.5 Å². The maximum absolute atomic E-state index is 9.92. The zero-order valence-corrected chi connectivity index (χ0v) is 7.72. The summed E-state index contributed by atoms with van der Waals surface area (Å²) in [4.78, 5) is 9.92. The zero-order valence-electron chi connectivity index (χ0n) is 5.93. The van der Waals surface area contributed by atoms with Crippen LogP contribution in [0.5, 0.6) is 0 Å². The zero-order chi connectivity index (χ0) is 8.69. The number of aromatic amines is 1. The number of carbonyl (C=O) groups is 1. The second kappa shape index (κ2) is 6.11. The third-order valence-electron chi connectivity index (χ3n) is 0.688. The number of carbonyl (C=O) groups excluding carboxylic acids is 1. The van der Waals surface area contributed by atoms with E-state index in [0.717, 1.165) is 3.71 Å². The predicted molar refractivity (Wildman–Crippen MR) is 49.1 cm³/mol. The Bertz CT molecular complexity index is 170. The van der Waals surface area contributed by atoms with Crippen molar-refractivity contribution in [1.29, 1.82) is 0 Å². The maximum Gasteiger partial charge on any atom is 0.239 e. The van der Waals surface area contributed by atoms with Gasteiger partial charge in [0.05, 0.1) is 0 Å². The molecule has 1 N–H and O–H groups in total. The van der Waals surface area contributed by atoms with Gasteiger partial charge in [0.15, 0.2) is 0 Å². The Morgan fingerprint density at radius 3 is 2.27 bits per heavy atom. The molecule has 0 atom stereocenters. The van der Waals surface area contributed by atoms with Crippen molar-refractivity contribution in [2.24, 2.45) is 0 Å². The molecule has 0 radical (unpaired) electrons. The lowest BCUT2D eigenvalue weighted by molar-refractivity contribution is -0.120. The van der Waals surface area contributed by atoms with E-state index in [2.05, 4.69) is 35.8 Å². The van der Waals surface area contributed by atoms with E-state index in [1.165, 1.54) is 6.92 Å². The monoisotopic (exact) mass is 191 g/mol. The average Bonchev–Trinajstić information content (AvgIpc) is 2.41. The van der Waals surface area contributed by atoms with Crippen molar-refractivity contribution in [1.82, 2.24) is 13.9 Å². The van der Waals surface area contributed by atoms with E-state index in [9.17, 15) is 4.79 Å².